The molecule has 0 saturated carbocycles. The highest BCUT2D eigenvalue weighted by molar-refractivity contribution is 5.72. The molecule has 0 spiro atoms. The fourth-order valence-corrected chi connectivity index (χ4v) is 1.54. The molecule has 0 fully saturated rings. The van der Waals surface area contributed by atoms with Crippen molar-refractivity contribution in [2.45, 2.75) is 52.4 Å². The van der Waals surface area contributed by atoms with Crippen LogP contribution >= 0.6 is 0 Å². The Morgan fingerprint density at radius 2 is 1.87 bits per heavy atom. The van der Waals surface area contributed by atoms with Crippen molar-refractivity contribution in [2.24, 2.45) is 5.92 Å². The topological polar surface area (TPSA) is 46.5 Å². The van der Waals surface area contributed by atoms with Gasteiger partial charge in [0.25, 0.3) is 0 Å². The molecule has 0 heterocycles. The zero-order valence-electron chi connectivity index (χ0n) is 10.00. The first-order valence-electron chi connectivity index (χ1n) is 6.03. The molecular formula is C12H24O3. The van der Waals surface area contributed by atoms with Crippen LogP contribution in [-0.2, 0) is 9.53 Å². The molecule has 0 aliphatic rings. The van der Waals surface area contributed by atoms with Crippen LogP contribution in [0.15, 0.2) is 0 Å². The molecule has 0 amide bonds. The normalized spacial score (nSPS) is 12.5. The number of esters is 1. The van der Waals surface area contributed by atoms with Gasteiger partial charge < -0.3 is 9.84 Å². The maximum atomic E-state index is 11.3. The number of hydrogen-bond donors (Lipinski definition) is 1. The summed E-state index contributed by atoms with van der Waals surface area (Å²) < 4.78 is 4.87. The van der Waals surface area contributed by atoms with Crippen molar-refractivity contribution in [3.05, 3.63) is 0 Å². The van der Waals surface area contributed by atoms with Gasteiger partial charge in [0.2, 0.25) is 0 Å². The predicted molar refractivity (Wildman–Crippen MR) is 60.6 cm³/mol. The van der Waals surface area contributed by atoms with Crippen LogP contribution in [0.3, 0.4) is 0 Å². The highest BCUT2D eigenvalue weighted by Gasteiger charge is 2.17. The molecule has 0 saturated heterocycles. The average Bonchev–Trinajstić information content (AvgIpc) is 2.23. The van der Waals surface area contributed by atoms with Gasteiger partial charge in [0.1, 0.15) is 0 Å². The van der Waals surface area contributed by atoms with Crippen molar-refractivity contribution < 1.29 is 14.6 Å². The monoisotopic (exact) mass is 216 g/mol. The van der Waals surface area contributed by atoms with Crippen molar-refractivity contribution in [3.63, 3.8) is 0 Å². The molecule has 0 radical (unpaired) electrons. The van der Waals surface area contributed by atoms with Crippen LogP contribution in [0, 0.1) is 5.92 Å². The first-order chi connectivity index (χ1) is 7.26. The fourth-order valence-electron chi connectivity index (χ4n) is 1.54. The third-order valence-electron chi connectivity index (χ3n) is 2.50. The van der Waals surface area contributed by atoms with E-state index in [0.29, 0.717) is 6.61 Å². The third-order valence-corrected chi connectivity index (χ3v) is 2.50. The molecule has 0 aromatic heterocycles. The highest BCUT2D eigenvalue weighted by Crippen LogP contribution is 2.12. The Kier molecular flexibility index (Phi) is 9.59. The number of carbonyl (C=O) groups is 1. The van der Waals surface area contributed by atoms with E-state index in [4.69, 9.17) is 9.84 Å². The number of carbonyl (C=O) groups excluding carboxylic acids is 1. The predicted octanol–water partition coefficient (Wildman–Crippen LogP) is 2.52. The molecule has 1 unspecified atom stereocenters. The first kappa shape index (κ1) is 14.4. The van der Waals surface area contributed by atoms with Crippen LogP contribution in [0.5, 0.6) is 0 Å². The summed E-state index contributed by atoms with van der Waals surface area (Å²) in [5, 5.41) is 9.02. The minimum atomic E-state index is -0.313. The van der Waals surface area contributed by atoms with Gasteiger partial charge in [0, 0.05) is 0 Å². The van der Waals surface area contributed by atoms with Crippen molar-refractivity contribution in [1.82, 2.24) is 0 Å². The standard InChI is InChI=1S/C12H24O3/c1-3-5-6-7-8-9-11(10-13)12(14)15-4-2/h11,13H,3-10H2,1-2H3. The van der Waals surface area contributed by atoms with E-state index in [0.717, 1.165) is 19.3 Å². The number of rotatable bonds is 9. The van der Waals surface area contributed by atoms with Gasteiger partial charge in [-0.3, -0.25) is 4.79 Å². The number of unbranched alkanes of at least 4 members (excludes halogenated alkanes) is 4. The molecule has 1 N–H and O–H groups in total. The maximum Gasteiger partial charge on any atom is 0.311 e. The number of hydrogen-bond acceptors (Lipinski definition) is 3. The van der Waals surface area contributed by atoms with Crippen molar-refractivity contribution >= 4 is 5.97 Å². The van der Waals surface area contributed by atoms with Crippen LogP contribution in [0.1, 0.15) is 52.4 Å². The zero-order valence-corrected chi connectivity index (χ0v) is 10.00. The second-order valence-corrected chi connectivity index (χ2v) is 3.83. The lowest BCUT2D eigenvalue weighted by atomic mass is 10.0. The van der Waals surface area contributed by atoms with Crippen LogP contribution in [0.25, 0.3) is 0 Å². The molecule has 0 bridgehead atoms. The molecule has 0 aliphatic heterocycles. The van der Waals surface area contributed by atoms with Gasteiger partial charge in [0.05, 0.1) is 19.1 Å². The summed E-state index contributed by atoms with van der Waals surface area (Å²) in [5.74, 6) is -0.568. The molecule has 1 atom stereocenters. The second-order valence-electron chi connectivity index (χ2n) is 3.83. The summed E-state index contributed by atoms with van der Waals surface area (Å²) in [4.78, 5) is 11.3. The van der Waals surface area contributed by atoms with Crippen LogP contribution in [0.2, 0.25) is 0 Å². The SMILES string of the molecule is CCCCCCCC(CO)C(=O)OCC. The Hall–Kier alpha value is -0.570. The van der Waals surface area contributed by atoms with E-state index < -0.39 is 0 Å². The quantitative estimate of drug-likeness (QED) is 0.476. The summed E-state index contributed by atoms with van der Waals surface area (Å²) in [6.45, 7) is 4.26. The lowest BCUT2D eigenvalue weighted by Gasteiger charge is -2.12. The lowest BCUT2D eigenvalue weighted by molar-refractivity contribution is -0.149. The van der Waals surface area contributed by atoms with E-state index in [9.17, 15) is 4.79 Å². The lowest BCUT2D eigenvalue weighted by Crippen LogP contribution is -2.21. The smallest absolute Gasteiger partial charge is 0.311 e. The summed E-state index contributed by atoms with van der Waals surface area (Å²) in [6, 6.07) is 0. The van der Waals surface area contributed by atoms with Crippen molar-refractivity contribution in [3.8, 4) is 0 Å². The van der Waals surface area contributed by atoms with Crippen molar-refractivity contribution in [1.29, 1.82) is 0 Å². The van der Waals surface area contributed by atoms with Gasteiger partial charge >= 0.3 is 5.97 Å². The molecule has 0 aliphatic carbocycles. The van der Waals surface area contributed by atoms with Gasteiger partial charge in [-0.2, -0.15) is 0 Å². The van der Waals surface area contributed by atoms with E-state index >= 15 is 0 Å². The Labute approximate surface area is 92.8 Å². The van der Waals surface area contributed by atoms with Gasteiger partial charge in [0.15, 0.2) is 0 Å². The molecule has 15 heavy (non-hydrogen) atoms. The molecule has 0 rings (SSSR count). The second kappa shape index (κ2) is 9.97. The fraction of sp³-hybridized carbons (Fsp3) is 0.917. The Bertz CT molecular complexity index is 157. The minimum absolute atomic E-state index is 0.0907. The Morgan fingerprint density at radius 3 is 2.40 bits per heavy atom. The summed E-state index contributed by atoms with van der Waals surface area (Å²) in [7, 11) is 0. The number of ether oxygens (including phenoxy) is 1. The third kappa shape index (κ3) is 7.37. The first-order valence-corrected chi connectivity index (χ1v) is 6.03. The Balaban J connectivity index is 3.56. The van der Waals surface area contributed by atoms with Gasteiger partial charge in [-0.1, -0.05) is 39.0 Å². The van der Waals surface area contributed by atoms with E-state index in [1.54, 1.807) is 6.92 Å². The molecule has 3 nitrogen and oxygen atoms in total. The molecule has 3 heteroatoms. The molecular weight excluding hydrogens is 192 g/mol. The molecule has 0 aromatic rings. The number of aliphatic hydroxyl groups excluding tert-OH is 1. The van der Waals surface area contributed by atoms with Crippen LogP contribution < -0.4 is 0 Å². The van der Waals surface area contributed by atoms with E-state index in [-0.39, 0.29) is 18.5 Å². The number of aliphatic hydroxyl groups is 1. The largest absolute Gasteiger partial charge is 0.466 e. The van der Waals surface area contributed by atoms with Crippen LogP contribution in [0.4, 0.5) is 0 Å². The van der Waals surface area contributed by atoms with Crippen LogP contribution in [-0.4, -0.2) is 24.3 Å². The summed E-state index contributed by atoms with van der Waals surface area (Å²) in [6.07, 6.45) is 6.59. The van der Waals surface area contributed by atoms with E-state index in [2.05, 4.69) is 6.92 Å². The molecule has 90 valence electrons. The van der Waals surface area contributed by atoms with Gasteiger partial charge in [-0.25, -0.2) is 0 Å². The minimum Gasteiger partial charge on any atom is -0.466 e. The molecule has 0 aromatic carbocycles. The zero-order chi connectivity index (χ0) is 11.5. The van der Waals surface area contributed by atoms with Gasteiger partial charge in [-0.15, -0.1) is 0 Å². The van der Waals surface area contributed by atoms with E-state index in [1.807, 2.05) is 0 Å². The summed E-state index contributed by atoms with van der Waals surface area (Å²) in [5.41, 5.74) is 0. The van der Waals surface area contributed by atoms with E-state index in [1.165, 1.54) is 19.3 Å². The maximum absolute atomic E-state index is 11.3. The highest BCUT2D eigenvalue weighted by atomic mass is 16.5. The van der Waals surface area contributed by atoms with Crippen molar-refractivity contribution in [2.75, 3.05) is 13.2 Å². The average molecular weight is 216 g/mol. The Morgan fingerprint density at radius 1 is 1.20 bits per heavy atom. The van der Waals surface area contributed by atoms with Gasteiger partial charge in [-0.05, 0) is 13.3 Å². The summed E-state index contributed by atoms with van der Waals surface area (Å²) >= 11 is 0.